The molecule has 1 fully saturated rings. The second-order valence-electron chi connectivity index (χ2n) is 8.92. The Kier molecular flexibility index (Phi) is 14.9. The van der Waals surface area contributed by atoms with Crippen molar-refractivity contribution in [2.24, 2.45) is 11.8 Å². The molecule has 0 aliphatic heterocycles. The Bertz CT molecular complexity index is 618. The number of carbonyl (C=O) groups excluding carboxylic acids is 3. The summed E-state index contributed by atoms with van der Waals surface area (Å²) in [5.41, 5.74) is 0. The van der Waals surface area contributed by atoms with Crippen molar-refractivity contribution in [3.05, 3.63) is 12.2 Å². The predicted octanol–water partition coefficient (Wildman–Crippen LogP) is 2.86. The van der Waals surface area contributed by atoms with Gasteiger partial charge in [0.05, 0.1) is 18.8 Å². The molecule has 0 bridgehead atoms. The minimum Gasteiger partial charge on any atom is -0.462 e. The second-order valence-corrected chi connectivity index (χ2v) is 8.92. The molecule has 0 aromatic heterocycles. The minimum atomic E-state index is -0.851. The van der Waals surface area contributed by atoms with E-state index in [2.05, 4.69) is 6.92 Å². The summed E-state index contributed by atoms with van der Waals surface area (Å²) in [6.07, 6.45) is 9.40. The highest BCUT2D eigenvalue weighted by molar-refractivity contribution is 5.84. The minimum absolute atomic E-state index is 0.0732. The van der Waals surface area contributed by atoms with Gasteiger partial charge in [0.2, 0.25) is 0 Å². The largest absolute Gasteiger partial charge is 0.462 e. The topological polar surface area (TPSA) is 130 Å². The molecule has 1 aliphatic carbocycles. The summed E-state index contributed by atoms with van der Waals surface area (Å²) in [5, 5.41) is 29.5. The maximum atomic E-state index is 12.3. The van der Waals surface area contributed by atoms with Crippen molar-refractivity contribution in [2.45, 2.75) is 103 Å². The highest BCUT2D eigenvalue weighted by Crippen LogP contribution is 2.34. The molecule has 8 nitrogen and oxygen atoms in total. The van der Waals surface area contributed by atoms with Crippen LogP contribution < -0.4 is 0 Å². The maximum Gasteiger partial charge on any atom is 0.306 e. The molecular weight excluding hydrogens is 428 g/mol. The normalized spacial score (nSPS) is 22.5. The molecule has 8 heteroatoms. The van der Waals surface area contributed by atoms with E-state index in [0.29, 0.717) is 19.3 Å². The van der Waals surface area contributed by atoms with Gasteiger partial charge in [0.15, 0.2) is 6.10 Å². The van der Waals surface area contributed by atoms with Crippen molar-refractivity contribution >= 4 is 17.7 Å². The first-order valence-electron chi connectivity index (χ1n) is 12.3. The smallest absolute Gasteiger partial charge is 0.306 e. The molecule has 1 rings (SSSR count). The van der Waals surface area contributed by atoms with E-state index in [1.807, 2.05) is 6.08 Å². The summed E-state index contributed by atoms with van der Waals surface area (Å²) in [6, 6.07) is 0. The van der Waals surface area contributed by atoms with Crippen LogP contribution in [0, 0.1) is 11.8 Å². The molecule has 5 atom stereocenters. The predicted molar refractivity (Wildman–Crippen MR) is 123 cm³/mol. The number of rotatable bonds is 17. The van der Waals surface area contributed by atoms with Crippen LogP contribution in [-0.4, -0.2) is 64.6 Å². The first-order valence-corrected chi connectivity index (χ1v) is 12.3. The Balaban J connectivity index is 2.30. The molecule has 0 unspecified atom stereocenters. The third kappa shape index (κ3) is 12.3. The van der Waals surface area contributed by atoms with E-state index in [-0.39, 0.29) is 37.1 Å². The van der Waals surface area contributed by atoms with Crippen molar-refractivity contribution < 1.29 is 39.2 Å². The number of ether oxygens (including phenoxy) is 2. The third-order valence-corrected chi connectivity index (χ3v) is 6.01. The van der Waals surface area contributed by atoms with E-state index >= 15 is 0 Å². The van der Waals surface area contributed by atoms with Crippen LogP contribution in [0.15, 0.2) is 12.2 Å². The average Bonchev–Trinajstić information content (AvgIpc) is 3.04. The fraction of sp³-hybridized carbons (Fsp3) is 0.800. The second kappa shape index (κ2) is 16.8. The lowest BCUT2D eigenvalue weighted by Crippen LogP contribution is -2.28. The zero-order valence-corrected chi connectivity index (χ0v) is 20.1. The van der Waals surface area contributed by atoms with Gasteiger partial charge in [0, 0.05) is 31.6 Å². The summed E-state index contributed by atoms with van der Waals surface area (Å²) >= 11 is 0. The number of hydrogen-bond donors (Lipinski definition) is 3. The molecule has 190 valence electrons. The molecule has 33 heavy (non-hydrogen) atoms. The van der Waals surface area contributed by atoms with Crippen LogP contribution in [0.2, 0.25) is 0 Å². The lowest BCUT2D eigenvalue weighted by atomic mass is 9.88. The fourth-order valence-electron chi connectivity index (χ4n) is 4.11. The molecule has 3 N–H and O–H groups in total. The number of carbonyl (C=O) groups is 3. The molecule has 0 radical (unpaired) electrons. The summed E-state index contributed by atoms with van der Waals surface area (Å²) in [6.45, 7) is 2.78. The van der Waals surface area contributed by atoms with E-state index in [0.717, 1.165) is 38.5 Å². The summed E-state index contributed by atoms with van der Waals surface area (Å²) in [7, 11) is 0. The molecule has 0 aromatic carbocycles. The van der Waals surface area contributed by atoms with Crippen LogP contribution in [0.5, 0.6) is 0 Å². The fourth-order valence-corrected chi connectivity index (χ4v) is 4.11. The van der Waals surface area contributed by atoms with Crippen molar-refractivity contribution in [3.8, 4) is 0 Å². The highest BCUT2D eigenvalue weighted by atomic mass is 16.6. The van der Waals surface area contributed by atoms with Gasteiger partial charge < -0.3 is 24.8 Å². The van der Waals surface area contributed by atoms with Gasteiger partial charge in [-0.05, 0) is 19.3 Å². The van der Waals surface area contributed by atoms with Crippen LogP contribution >= 0.6 is 0 Å². The summed E-state index contributed by atoms with van der Waals surface area (Å²) < 4.78 is 9.83. The Labute approximate surface area is 197 Å². The Hall–Kier alpha value is -1.77. The molecule has 0 spiro atoms. The van der Waals surface area contributed by atoms with E-state index in [1.165, 1.54) is 6.92 Å². The quantitative estimate of drug-likeness (QED) is 0.168. The Morgan fingerprint density at radius 2 is 1.88 bits per heavy atom. The number of Topliss-reactive ketones (excluding diaryl/α,β-unsaturated/α-hetero) is 1. The van der Waals surface area contributed by atoms with Gasteiger partial charge >= 0.3 is 11.9 Å². The van der Waals surface area contributed by atoms with Crippen molar-refractivity contribution in [3.63, 3.8) is 0 Å². The molecule has 1 aliphatic rings. The summed E-state index contributed by atoms with van der Waals surface area (Å²) in [4.78, 5) is 35.0. The van der Waals surface area contributed by atoms with Crippen molar-refractivity contribution in [1.82, 2.24) is 0 Å². The standard InChI is InChI=1S/C25H42O8/c1-3-4-7-10-19(28)13-14-22-21(23(29)15-24(22)30)11-8-5-6-9-12-25(31)33-20(16-26)17-32-18(2)27/h13-14,19-22,24,26,28,30H,3-12,15-17H2,1-2H3/b14-13+/t19-,20-,21+,22+,24+/m0/s1. The highest BCUT2D eigenvalue weighted by Gasteiger charge is 2.39. The molecule has 1 saturated carbocycles. The van der Waals surface area contributed by atoms with E-state index < -0.39 is 36.9 Å². The number of ketones is 1. The number of hydrogen-bond acceptors (Lipinski definition) is 8. The van der Waals surface area contributed by atoms with Crippen molar-refractivity contribution in [1.29, 1.82) is 0 Å². The van der Waals surface area contributed by atoms with Crippen LogP contribution in [0.25, 0.3) is 0 Å². The lowest BCUT2D eigenvalue weighted by Gasteiger charge is -2.18. The average molecular weight is 471 g/mol. The van der Waals surface area contributed by atoms with E-state index in [1.54, 1.807) is 6.08 Å². The zero-order chi connectivity index (χ0) is 24.6. The van der Waals surface area contributed by atoms with Gasteiger partial charge in [0.1, 0.15) is 12.4 Å². The van der Waals surface area contributed by atoms with Gasteiger partial charge in [-0.2, -0.15) is 0 Å². The Morgan fingerprint density at radius 3 is 2.55 bits per heavy atom. The SMILES string of the molecule is CCCCC[C@H](O)/C=C/[C@H]1[C@H](O)CC(=O)[C@@H]1CCCCCCC(=O)O[C@@H](CO)COC(C)=O. The number of aliphatic hydroxyl groups excluding tert-OH is 3. The van der Waals surface area contributed by atoms with Crippen LogP contribution in [-0.2, 0) is 23.9 Å². The number of aliphatic hydroxyl groups is 3. The Morgan fingerprint density at radius 1 is 1.15 bits per heavy atom. The first kappa shape index (κ1) is 29.3. The monoisotopic (exact) mass is 470 g/mol. The van der Waals surface area contributed by atoms with E-state index in [9.17, 15) is 29.7 Å². The van der Waals surface area contributed by atoms with Gasteiger partial charge in [0.25, 0.3) is 0 Å². The molecule has 0 heterocycles. The molecule has 0 saturated heterocycles. The van der Waals surface area contributed by atoms with Crippen LogP contribution in [0.4, 0.5) is 0 Å². The lowest BCUT2D eigenvalue weighted by molar-refractivity contribution is -0.160. The molecule has 0 amide bonds. The van der Waals surface area contributed by atoms with Gasteiger partial charge in [-0.15, -0.1) is 0 Å². The third-order valence-electron chi connectivity index (χ3n) is 6.01. The van der Waals surface area contributed by atoms with Crippen molar-refractivity contribution in [2.75, 3.05) is 13.2 Å². The zero-order valence-electron chi connectivity index (χ0n) is 20.1. The van der Waals surface area contributed by atoms with Crippen LogP contribution in [0.3, 0.4) is 0 Å². The number of unbranched alkanes of at least 4 members (excludes halogenated alkanes) is 5. The number of esters is 2. The first-order chi connectivity index (χ1) is 15.8. The van der Waals surface area contributed by atoms with E-state index in [4.69, 9.17) is 9.47 Å². The summed E-state index contributed by atoms with van der Waals surface area (Å²) in [5.74, 6) is -1.35. The van der Waals surface area contributed by atoms with Gasteiger partial charge in [-0.25, -0.2) is 0 Å². The molecule has 0 aromatic rings. The van der Waals surface area contributed by atoms with Gasteiger partial charge in [-0.1, -0.05) is 57.6 Å². The van der Waals surface area contributed by atoms with Crippen LogP contribution in [0.1, 0.15) is 84.5 Å². The van der Waals surface area contributed by atoms with Gasteiger partial charge in [-0.3, -0.25) is 14.4 Å². The maximum absolute atomic E-state index is 12.3. The molecular formula is C25H42O8.